The summed E-state index contributed by atoms with van der Waals surface area (Å²) in [7, 11) is -5.43. The molecule has 1 saturated heterocycles. The fourth-order valence-electron chi connectivity index (χ4n) is 1.88. The van der Waals surface area contributed by atoms with E-state index in [9.17, 15) is 33.0 Å². The smallest absolute Gasteiger partial charge is 0.790 e. The van der Waals surface area contributed by atoms with Gasteiger partial charge in [0.15, 0.2) is 6.10 Å². The van der Waals surface area contributed by atoms with Gasteiger partial charge in [-0.3, -0.25) is 4.57 Å². The van der Waals surface area contributed by atoms with Crippen molar-refractivity contribution >= 4 is 13.6 Å². The van der Waals surface area contributed by atoms with Crippen molar-refractivity contribution in [2.45, 2.75) is 24.4 Å². The molecule has 124 valence electrons. The van der Waals surface area contributed by atoms with Crippen LogP contribution in [0.3, 0.4) is 0 Å². The molecule has 15 heteroatoms. The number of rotatable bonds is 4. The molecule has 1 aliphatic rings. The Kier molecular flexibility index (Phi) is 9.19. The molecule has 10 nitrogen and oxygen atoms in total. The van der Waals surface area contributed by atoms with Crippen LogP contribution in [0.1, 0.15) is 6.23 Å². The Hall–Kier alpha value is 0.570. The molecular weight excluding hydrogens is 377 g/mol. The van der Waals surface area contributed by atoms with Crippen molar-refractivity contribution in [3.63, 3.8) is 0 Å². The largest absolute Gasteiger partial charge is 1.00 e. The zero-order valence-electron chi connectivity index (χ0n) is 12.7. The molecule has 1 fully saturated rings. The van der Waals surface area contributed by atoms with E-state index in [-0.39, 0.29) is 64.9 Å². The van der Waals surface area contributed by atoms with Gasteiger partial charge in [-0.25, -0.2) is 4.79 Å². The van der Waals surface area contributed by atoms with Crippen LogP contribution in [0.2, 0.25) is 0 Å². The number of hydrogen-bond acceptors (Lipinski definition) is 9. The number of aromatic nitrogens is 2. The van der Waals surface area contributed by atoms with Crippen LogP contribution in [-0.4, -0.2) is 39.4 Å². The van der Waals surface area contributed by atoms with Gasteiger partial charge in [0, 0.05) is 6.20 Å². The molecule has 1 aromatic rings. The maximum atomic E-state index is 14.0. The van der Waals surface area contributed by atoms with Gasteiger partial charge in [0.25, 0.3) is 0 Å². The van der Waals surface area contributed by atoms with Crippen LogP contribution in [0.4, 0.5) is 14.6 Å². The molecule has 0 aromatic carbocycles. The maximum Gasteiger partial charge on any atom is 1.00 e. The molecule has 0 radical (unpaired) electrons. The summed E-state index contributed by atoms with van der Waals surface area (Å²) in [5, 5.41) is 9.48. The molecular formula is C9H10F2N3Na2O7P. The molecule has 2 heterocycles. The SMILES string of the molecule is Nc1ccn([C@@H]2O[C@H](COP(=O)([O-])[O-])[C@@H](O)C2(F)F)c(=O)n1.[Na+].[Na+]. The summed E-state index contributed by atoms with van der Waals surface area (Å²) in [6, 6.07) is 1.06. The van der Waals surface area contributed by atoms with Gasteiger partial charge < -0.3 is 34.5 Å². The van der Waals surface area contributed by atoms with Crippen LogP contribution < -0.4 is 80.3 Å². The first-order chi connectivity index (χ1) is 10.0. The van der Waals surface area contributed by atoms with E-state index < -0.39 is 44.5 Å². The van der Waals surface area contributed by atoms with Gasteiger partial charge in [0.2, 0.25) is 6.23 Å². The molecule has 2 rings (SSSR count). The van der Waals surface area contributed by atoms with Crippen LogP contribution in [0.15, 0.2) is 17.1 Å². The third kappa shape index (κ3) is 5.53. The van der Waals surface area contributed by atoms with Crippen LogP contribution in [0, 0.1) is 0 Å². The van der Waals surface area contributed by atoms with Gasteiger partial charge in [0.05, 0.1) is 14.4 Å². The molecule has 0 saturated carbocycles. The average molecular weight is 387 g/mol. The van der Waals surface area contributed by atoms with Crippen LogP contribution in [0.25, 0.3) is 0 Å². The number of ether oxygens (including phenoxy) is 1. The molecule has 3 atom stereocenters. The van der Waals surface area contributed by atoms with Gasteiger partial charge in [0.1, 0.15) is 11.9 Å². The van der Waals surface area contributed by atoms with Crippen molar-refractivity contribution in [3.8, 4) is 0 Å². The van der Waals surface area contributed by atoms with Crippen LogP contribution in [0.5, 0.6) is 0 Å². The van der Waals surface area contributed by atoms with Gasteiger partial charge in [-0.2, -0.15) is 13.8 Å². The third-order valence-electron chi connectivity index (χ3n) is 2.88. The second-order valence-electron chi connectivity index (χ2n) is 4.43. The number of phosphoric ester groups is 1. The molecule has 0 spiro atoms. The molecule has 1 aromatic heterocycles. The van der Waals surface area contributed by atoms with Crippen molar-refractivity contribution in [2.24, 2.45) is 0 Å². The minimum absolute atomic E-state index is 0. The Labute approximate surface area is 178 Å². The van der Waals surface area contributed by atoms with E-state index in [2.05, 4.69) is 9.51 Å². The van der Waals surface area contributed by atoms with E-state index in [1.165, 1.54) is 0 Å². The number of hydrogen-bond donors (Lipinski definition) is 2. The van der Waals surface area contributed by atoms with Gasteiger partial charge in [-0.05, 0) is 6.07 Å². The maximum absolute atomic E-state index is 14.0. The zero-order chi connectivity index (χ0) is 16.7. The number of aliphatic hydroxyl groups excluding tert-OH is 1. The summed E-state index contributed by atoms with van der Waals surface area (Å²) in [5.41, 5.74) is 4.07. The summed E-state index contributed by atoms with van der Waals surface area (Å²) in [4.78, 5) is 35.5. The van der Waals surface area contributed by atoms with Crippen molar-refractivity contribution in [1.29, 1.82) is 0 Å². The Balaban J connectivity index is 0.00000264. The van der Waals surface area contributed by atoms with Crippen molar-refractivity contribution in [1.82, 2.24) is 9.55 Å². The first-order valence-corrected chi connectivity index (χ1v) is 7.21. The average Bonchev–Trinajstić information content (AvgIpc) is 2.59. The Bertz CT molecular complexity index is 673. The van der Waals surface area contributed by atoms with Crippen molar-refractivity contribution in [3.05, 3.63) is 22.7 Å². The number of nitrogen functional groups attached to an aromatic ring is 1. The van der Waals surface area contributed by atoms with Gasteiger partial charge in [-0.1, -0.05) is 0 Å². The van der Waals surface area contributed by atoms with Crippen molar-refractivity contribution in [2.75, 3.05) is 12.3 Å². The van der Waals surface area contributed by atoms with E-state index in [4.69, 9.17) is 10.5 Å². The molecule has 3 N–H and O–H groups in total. The fourth-order valence-corrected chi connectivity index (χ4v) is 2.20. The Morgan fingerprint density at radius 3 is 2.58 bits per heavy atom. The summed E-state index contributed by atoms with van der Waals surface area (Å²) in [6.45, 7) is -1.12. The standard InChI is InChI=1S/C9H12F2N3O7P.2Na/c10-9(11)6(15)4(3-20-22(17,18)19)21-7(9)14-2-1-5(12)13-8(14)16;;/h1-2,4,6-7,15H,3H2,(H2,12,13,16)(H2,17,18,19);;/q;2*+1/p-2/t4-,6-,7-;;/m1../s1. The first-order valence-electron chi connectivity index (χ1n) is 5.75. The number of halogens is 2. The van der Waals surface area contributed by atoms with E-state index in [1.54, 1.807) is 0 Å². The second-order valence-corrected chi connectivity index (χ2v) is 5.58. The number of nitrogens with two attached hydrogens (primary N) is 1. The molecule has 0 bridgehead atoms. The minimum atomic E-state index is -5.43. The predicted molar refractivity (Wildman–Crippen MR) is 61.3 cm³/mol. The second kappa shape index (κ2) is 8.98. The Morgan fingerprint density at radius 2 is 2.08 bits per heavy atom. The van der Waals surface area contributed by atoms with Gasteiger partial charge in [-0.15, -0.1) is 0 Å². The fraction of sp³-hybridized carbons (Fsp3) is 0.556. The monoisotopic (exact) mass is 387 g/mol. The first kappa shape index (κ1) is 24.6. The number of anilines is 1. The van der Waals surface area contributed by atoms with E-state index >= 15 is 0 Å². The quantitative estimate of drug-likeness (QED) is 0.377. The molecule has 0 amide bonds. The molecule has 0 unspecified atom stereocenters. The predicted octanol–water partition coefficient (Wildman–Crippen LogP) is -8.43. The number of phosphoric acid groups is 1. The van der Waals surface area contributed by atoms with E-state index in [0.29, 0.717) is 4.57 Å². The number of aliphatic hydroxyl groups is 1. The van der Waals surface area contributed by atoms with E-state index in [0.717, 1.165) is 12.3 Å². The zero-order valence-corrected chi connectivity index (χ0v) is 17.6. The topological polar surface area (TPSA) is 163 Å². The Morgan fingerprint density at radius 1 is 1.50 bits per heavy atom. The summed E-state index contributed by atoms with van der Waals surface area (Å²) in [6.07, 6.45) is -5.70. The van der Waals surface area contributed by atoms with Crippen LogP contribution >= 0.6 is 7.82 Å². The number of nitrogens with zero attached hydrogens (tertiary/aromatic N) is 2. The van der Waals surface area contributed by atoms with Crippen molar-refractivity contribution < 1.29 is 96.6 Å². The molecule has 0 aliphatic carbocycles. The summed E-state index contributed by atoms with van der Waals surface area (Å²) < 4.78 is 47.2. The molecule has 24 heavy (non-hydrogen) atoms. The minimum Gasteiger partial charge on any atom is -0.790 e. The summed E-state index contributed by atoms with van der Waals surface area (Å²) >= 11 is 0. The summed E-state index contributed by atoms with van der Waals surface area (Å²) in [5.74, 6) is -4.16. The number of alkyl halides is 2. The molecule has 1 aliphatic heterocycles. The third-order valence-corrected chi connectivity index (χ3v) is 3.35. The van der Waals surface area contributed by atoms with Crippen LogP contribution in [-0.2, 0) is 13.8 Å². The van der Waals surface area contributed by atoms with E-state index in [1.807, 2.05) is 0 Å². The normalized spacial score (nSPS) is 25.6. The van der Waals surface area contributed by atoms with Gasteiger partial charge >= 0.3 is 70.7 Å².